The van der Waals surface area contributed by atoms with Gasteiger partial charge in [0.25, 0.3) is 0 Å². The Balaban J connectivity index is 2.25. The highest BCUT2D eigenvalue weighted by atomic mass is 16.4. The molecular formula is C30H44N10O6. The fourth-order valence-electron chi connectivity index (χ4n) is 4.37. The molecule has 4 unspecified atom stereocenters. The Morgan fingerprint density at radius 2 is 1.13 bits per heavy atom. The van der Waals surface area contributed by atoms with Crippen molar-refractivity contribution in [1.29, 1.82) is 0 Å². The topological polar surface area (TPSA) is 300 Å². The Morgan fingerprint density at radius 3 is 1.70 bits per heavy atom. The largest absolute Gasteiger partial charge is 0.508 e. The number of carbonyl (C=O) groups excluding carboxylic acids is 3. The summed E-state index contributed by atoms with van der Waals surface area (Å²) >= 11 is 0. The predicted molar refractivity (Wildman–Crippen MR) is 173 cm³/mol. The molecule has 0 radical (unpaired) electrons. The van der Waals surface area contributed by atoms with E-state index < -0.39 is 47.9 Å². The summed E-state index contributed by atoms with van der Waals surface area (Å²) in [6.07, 6.45) is 0.958. The Kier molecular flexibility index (Phi) is 15.3. The van der Waals surface area contributed by atoms with Gasteiger partial charge in [0.05, 0.1) is 6.04 Å². The van der Waals surface area contributed by atoms with Crippen molar-refractivity contribution in [2.75, 3.05) is 13.1 Å². The van der Waals surface area contributed by atoms with E-state index in [4.69, 9.17) is 28.7 Å². The first-order chi connectivity index (χ1) is 21.8. The van der Waals surface area contributed by atoms with Crippen molar-refractivity contribution in [2.24, 2.45) is 38.7 Å². The normalized spacial score (nSPS) is 13.2. The molecule has 3 amide bonds. The Hall–Kier alpha value is -5.38. The van der Waals surface area contributed by atoms with Gasteiger partial charge in [-0.3, -0.25) is 24.4 Å². The first-order valence-electron chi connectivity index (χ1n) is 14.7. The van der Waals surface area contributed by atoms with Gasteiger partial charge in [-0.25, -0.2) is 4.79 Å². The van der Waals surface area contributed by atoms with Crippen molar-refractivity contribution in [1.82, 2.24) is 16.0 Å². The molecular weight excluding hydrogens is 596 g/mol. The van der Waals surface area contributed by atoms with Crippen LogP contribution in [-0.4, -0.2) is 83.1 Å². The van der Waals surface area contributed by atoms with Crippen LogP contribution in [-0.2, 0) is 32.0 Å². The number of carboxylic acid groups (broad SMARTS) is 1. The average Bonchev–Trinajstić information content (AvgIpc) is 3.01. The Labute approximate surface area is 266 Å². The number of phenols is 1. The molecule has 2 aromatic carbocycles. The SMILES string of the molecule is NC(N)=NCCCC(N)C(=O)NC(Cc1ccc(O)cc1)C(=O)NC(CCCN=C(N)N)C(=O)NC(Cc1ccccc1)C(=O)O. The third-order valence-corrected chi connectivity index (χ3v) is 6.79. The number of hydrogen-bond acceptors (Lipinski definition) is 8. The van der Waals surface area contributed by atoms with E-state index in [2.05, 4.69) is 25.9 Å². The maximum Gasteiger partial charge on any atom is 0.326 e. The fourth-order valence-corrected chi connectivity index (χ4v) is 4.37. The van der Waals surface area contributed by atoms with Crippen molar-refractivity contribution < 1.29 is 29.4 Å². The van der Waals surface area contributed by atoms with Crippen molar-refractivity contribution in [3.8, 4) is 5.75 Å². The van der Waals surface area contributed by atoms with Crippen LogP contribution in [0.15, 0.2) is 64.6 Å². The third-order valence-electron chi connectivity index (χ3n) is 6.79. The van der Waals surface area contributed by atoms with Gasteiger partial charge in [0.1, 0.15) is 23.9 Å². The van der Waals surface area contributed by atoms with Gasteiger partial charge >= 0.3 is 5.97 Å². The number of carbonyl (C=O) groups is 4. The summed E-state index contributed by atoms with van der Waals surface area (Å²) in [6, 6.07) is 10.1. The van der Waals surface area contributed by atoms with Crippen LogP contribution in [0.1, 0.15) is 36.8 Å². The lowest BCUT2D eigenvalue weighted by Crippen LogP contribution is -2.57. The lowest BCUT2D eigenvalue weighted by molar-refractivity contribution is -0.142. The summed E-state index contributed by atoms with van der Waals surface area (Å²) in [7, 11) is 0. The zero-order chi connectivity index (χ0) is 34.1. The summed E-state index contributed by atoms with van der Waals surface area (Å²) in [5.41, 5.74) is 28.8. The number of guanidine groups is 2. The molecule has 46 heavy (non-hydrogen) atoms. The highest BCUT2D eigenvalue weighted by Gasteiger charge is 2.30. The molecule has 0 aliphatic rings. The molecule has 4 atom stereocenters. The van der Waals surface area contributed by atoms with Gasteiger partial charge in [-0.05, 0) is 48.9 Å². The maximum atomic E-state index is 13.6. The van der Waals surface area contributed by atoms with Crippen molar-refractivity contribution in [2.45, 2.75) is 62.7 Å². The number of nitrogens with one attached hydrogen (secondary N) is 3. The van der Waals surface area contributed by atoms with Gasteiger partial charge in [-0.15, -0.1) is 0 Å². The highest BCUT2D eigenvalue weighted by molar-refractivity contribution is 5.94. The zero-order valence-electron chi connectivity index (χ0n) is 25.5. The smallest absolute Gasteiger partial charge is 0.326 e. The number of carboxylic acids is 1. The molecule has 0 heterocycles. The minimum Gasteiger partial charge on any atom is -0.508 e. The minimum atomic E-state index is -1.28. The van der Waals surface area contributed by atoms with Gasteiger partial charge in [0.2, 0.25) is 17.7 Å². The van der Waals surface area contributed by atoms with Crippen LogP contribution < -0.4 is 44.6 Å². The number of amides is 3. The number of nitrogens with two attached hydrogens (primary N) is 5. The molecule has 0 fully saturated rings. The summed E-state index contributed by atoms with van der Waals surface area (Å²) in [5, 5.41) is 27.3. The number of benzene rings is 2. The van der Waals surface area contributed by atoms with Crippen LogP contribution in [0, 0.1) is 0 Å². The standard InChI is InChI=1S/C30H44N10O6/c31-21(8-4-14-36-29(32)33)25(42)39-23(16-19-10-12-20(41)13-11-19)27(44)38-22(9-5-15-37-30(34)35)26(43)40-24(28(45)46)17-18-6-2-1-3-7-18/h1-3,6-7,10-13,21-24,41H,4-5,8-9,14-17,31H2,(H,38,44)(H,39,42)(H,40,43)(H,45,46)(H4,32,33,36)(H4,34,35,37). The van der Waals surface area contributed by atoms with Crippen LogP contribution >= 0.6 is 0 Å². The molecule has 0 aliphatic carbocycles. The van der Waals surface area contributed by atoms with Gasteiger partial charge in [-0.2, -0.15) is 0 Å². The summed E-state index contributed by atoms with van der Waals surface area (Å²) in [6.45, 7) is 0.412. The van der Waals surface area contributed by atoms with Crippen molar-refractivity contribution in [3.63, 3.8) is 0 Å². The molecule has 2 aromatic rings. The third kappa shape index (κ3) is 13.9. The predicted octanol–water partition coefficient (Wildman–Crippen LogP) is -1.85. The molecule has 16 nitrogen and oxygen atoms in total. The molecule has 0 aromatic heterocycles. The van der Waals surface area contributed by atoms with E-state index in [0.29, 0.717) is 17.5 Å². The van der Waals surface area contributed by atoms with E-state index in [1.807, 2.05) is 0 Å². The minimum absolute atomic E-state index is 0.00727. The molecule has 16 heteroatoms. The van der Waals surface area contributed by atoms with E-state index in [-0.39, 0.29) is 62.9 Å². The number of aliphatic carboxylic acids is 1. The molecule has 0 aliphatic heterocycles. The first-order valence-corrected chi connectivity index (χ1v) is 14.7. The first kappa shape index (κ1) is 36.8. The van der Waals surface area contributed by atoms with Gasteiger partial charge in [-0.1, -0.05) is 42.5 Å². The lowest BCUT2D eigenvalue weighted by Gasteiger charge is -2.25. The monoisotopic (exact) mass is 640 g/mol. The van der Waals surface area contributed by atoms with Gasteiger partial charge < -0.3 is 54.8 Å². The van der Waals surface area contributed by atoms with Gasteiger partial charge in [0, 0.05) is 25.9 Å². The number of phenolic OH excluding ortho intramolecular Hbond substituents is 1. The Morgan fingerprint density at radius 1 is 0.652 bits per heavy atom. The molecule has 0 bridgehead atoms. The number of rotatable bonds is 19. The number of hydrogen-bond donors (Lipinski definition) is 10. The second-order valence-corrected chi connectivity index (χ2v) is 10.6. The van der Waals surface area contributed by atoms with Crippen LogP contribution in [0.4, 0.5) is 0 Å². The molecule has 0 saturated heterocycles. The average molecular weight is 641 g/mol. The maximum absolute atomic E-state index is 13.6. The molecule has 0 saturated carbocycles. The van der Waals surface area contributed by atoms with Gasteiger partial charge in [0.15, 0.2) is 11.9 Å². The van der Waals surface area contributed by atoms with Crippen LogP contribution in [0.3, 0.4) is 0 Å². The fraction of sp³-hybridized carbons (Fsp3) is 0.400. The Bertz CT molecular complexity index is 1350. The summed E-state index contributed by atoms with van der Waals surface area (Å²) < 4.78 is 0. The molecule has 2 rings (SSSR count). The zero-order valence-corrected chi connectivity index (χ0v) is 25.5. The van der Waals surface area contributed by atoms with E-state index in [1.165, 1.54) is 12.1 Å². The van der Waals surface area contributed by atoms with Crippen LogP contribution in [0.5, 0.6) is 5.75 Å². The lowest BCUT2D eigenvalue weighted by atomic mass is 10.0. The second kappa shape index (κ2) is 19.1. The second-order valence-electron chi connectivity index (χ2n) is 10.6. The van der Waals surface area contributed by atoms with Crippen molar-refractivity contribution in [3.05, 3.63) is 65.7 Å². The van der Waals surface area contributed by atoms with E-state index >= 15 is 0 Å². The molecule has 0 spiro atoms. The van der Waals surface area contributed by atoms with E-state index in [1.54, 1.807) is 42.5 Å². The summed E-state index contributed by atoms with van der Waals surface area (Å²) in [4.78, 5) is 59.8. The van der Waals surface area contributed by atoms with Crippen molar-refractivity contribution >= 4 is 35.6 Å². The number of nitrogens with zero attached hydrogens (tertiary/aromatic N) is 2. The molecule has 15 N–H and O–H groups in total. The number of aliphatic imine (C=N–C) groups is 2. The van der Waals surface area contributed by atoms with E-state index in [0.717, 1.165) is 0 Å². The van der Waals surface area contributed by atoms with Crippen LogP contribution in [0.25, 0.3) is 0 Å². The summed E-state index contributed by atoms with van der Waals surface area (Å²) in [5.74, 6) is -3.56. The quantitative estimate of drug-likeness (QED) is 0.0462. The van der Waals surface area contributed by atoms with E-state index in [9.17, 15) is 29.4 Å². The number of aromatic hydroxyl groups is 1. The van der Waals surface area contributed by atoms with Crippen LogP contribution in [0.2, 0.25) is 0 Å². The molecule has 250 valence electrons. The highest BCUT2D eigenvalue weighted by Crippen LogP contribution is 2.13.